The molecular weight excluding hydrogens is 403 g/mol. The zero-order valence-electron chi connectivity index (χ0n) is 15.3. The monoisotopic (exact) mass is 422 g/mol. The molecule has 2 aromatic rings. The normalized spacial score (nSPS) is 13.4. The van der Waals surface area contributed by atoms with Gasteiger partial charge in [0.05, 0.1) is 18.0 Å². The lowest BCUT2D eigenvalue weighted by atomic mass is 10.1. The molecule has 1 N–H and O–H groups in total. The maximum Gasteiger partial charge on any atom is 0.251 e. The Hall–Kier alpha value is -2.09. The minimum absolute atomic E-state index is 0.0875. The lowest BCUT2D eigenvalue weighted by Gasteiger charge is -2.29. The number of carbonyl (C=O) groups excluding carboxylic acids is 2. The average molecular weight is 423 g/mol. The molecule has 0 spiro atoms. The third-order valence-corrected chi connectivity index (χ3v) is 5.72. The summed E-state index contributed by atoms with van der Waals surface area (Å²) in [5.74, 6) is -0.423. The van der Waals surface area contributed by atoms with Crippen LogP contribution in [0.1, 0.15) is 22.3 Å². The Balaban J connectivity index is 1.82. The fourth-order valence-electron chi connectivity index (χ4n) is 2.86. The van der Waals surface area contributed by atoms with Crippen LogP contribution in [0.15, 0.2) is 41.3 Å². The number of hydrogen-bond donors (Lipinski definition) is 1. The van der Waals surface area contributed by atoms with Crippen molar-refractivity contribution in [3.05, 3.63) is 58.4 Å². The first-order valence-electron chi connectivity index (χ1n) is 8.78. The number of fused-ring (bicyclic) bond motifs is 1. The van der Waals surface area contributed by atoms with Gasteiger partial charge >= 0.3 is 0 Å². The van der Waals surface area contributed by atoms with E-state index in [0.717, 1.165) is 11.3 Å². The second kappa shape index (κ2) is 9.41. The first-order valence-corrected chi connectivity index (χ1v) is 10.1. The van der Waals surface area contributed by atoms with Crippen molar-refractivity contribution in [3.8, 4) is 0 Å². The van der Waals surface area contributed by atoms with Gasteiger partial charge in [-0.3, -0.25) is 9.59 Å². The highest BCUT2D eigenvalue weighted by atomic mass is 35.5. The molecule has 3 rings (SSSR count). The molecule has 0 saturated heterocycles. The van der Waals surface area contributed by atoms with Crippen LogP contribution in [0.3, 0.4) is 0 Å². The lowest BCUT2D eigenvalue weighted by molar-refractivity contribution is -0.116. The fraction of sp³-hybridized carbons (Fsp3) is 0.300. The van der Waals surface area contributed by atoms with Crippen LogP contribution in [0.5, 0.6) is 0 Å². The van der Waals surface area contributed by atoms with Crippen LogP contribution in [0.2, 0.25) is 5.02 Å². The third kappa shape index (κ3) is 4.84. The van der Waals surface area contributed by atoms with Crippen LogP contribution >= 0.6 is 23.4 Å². The Morgan fingerprint density at radius 2 is 2.14 bits per heavy atom. The van der Waals surface area contributed by atoms with E-state index in [-0.39, 0.29) is 23.4 Å². The van der Waals surface area contributed by atoms with Crippen LogP contribution in [-0.4, -0.2) is 37.8 Å². The number of amides is 2. The second-order valence-electron chi connectivity index (χ2n) is 6.29. The molecule has 8 heteroatoms. The van der Waals surface area contributed by atoms with Gasteiger partial charge in [0.1, 0.15) is 5.82 Å². The van der Waals surface area contributed by atoms with Crippen molar-refractivity contribution >= 4 is 40.9 Å². The number of halogens is 2. The molecule has 28 heavy (non-hydrogen) atoms. The maximum atomic E-state index is 13.3. The first kappa shape index (κ1) is 20.6. The van der Waals surface area contributed by atoms with E-state index in [2.05, 4.69) is 5.32 Å². The smallest absolute Gasteiger partial charge is 0.251 e. The van der Waals surface area contributed by atoms with Crippen molar-refractivity contribution < 1.29 is 18.7 Å². The van der Waals surface area contributed by atoms with Crippen molar-refractivity contribution in [2.45, 2.75) is 17.9 Å². The Morgan fingerprint density at radius 1 is 1.32 bits per heavy atom. The minimum Gasteiger partial charge on any atom is -0.385 e. The number of nitrogens with one attached hydrogen (secondary N) is 1. The van der Waals surface area contributed by atoms with Crippen molar-refractivity contribution in [1.29, 1.82) is 0 Å². The zero-order valence-corrected chi connectivity index (χ0v) is 16.9. The first-order chi connectivity index (χ1) is 13.5. The quantitative estimate of drug-likeness (QED) is 0.688. The number of thioether (sulfide) groups is 1. The molecule has 0 aromatic heterocycles. The average Bonchev–Trinajstić information content (AvgIpc) is 2.68. The van der Waals surface area contributed by atoms with Crippen LogP contribution < -0.4 is 10.2 Å². The number of anilines is 1. The molecule has 148 valence electrons. The van der Waals surface area contributed by atoms with Crippen molar-refractivity contribution in [2.75, 3.05) is 30.9 Å². The molecule has 0 fully saturated rings. The summed E-state index contributed by atoms with van der Waals surface area (Å²) in [7, 11) is 1.61. The molecule has 2 aromatic carbocycles. The predicted molar refractivity (Wildman–Crippen MR) is 109 cm³/mol. The molecule has 2 amide bonds. The SMILES string of the molecule is COCCCNC(=O)c1ccc2c(c1)N(Cc1ccc(F)cc1Cl)C(=O)CS2. The molecule has 1 aliphatic rings. The molecule has 0 radical (unpaired) electrons. The maximum absolute atomic E-state index is 13.3. The molecule has 0 saturated carbocycles. The largest absolute Gasteiger partial charge is 0.385 e. The van der Waals surface area contributed by atoms with Gasteiger partial charge in [0.15, 0.2) is 0 Å². The van der Waals surface area contributed by atoms with Crippen LogP contribution in [0, 0.1) is 5.82 Å². The van der Waals surface area contributed by atoms with Crippen molar-refractivity contribution in [2.24, 2.45) is 0 Å². The summed E-state index contributed by atoms with van der Waals surface area (Å²) in [6.45, 7) is 1.29. The van der Waals surface area contributed by atoms with Crippen molar-refractivity contribution in [1.82, 2.24) is 5.32 Å². The van der Waals surface area contributed by atoms with Gasteiger partial charge in [0.25, 0.3) is 5.91 Å². The summed E-state index contributed by atoms with van der Waals surface area (Å²) in [6.07, 6.45) is 0.719. The summed E-state index contributed by atoms with van der Waals surface area (Å²) in [5.41, 5.74) is 1.77. The molecule has 1 aliphatic heterocycles. The summed E-state index contributed by atoms with van der Waals surface area (Å²) < 4.78 is 18.3. The second-order valence-corrected chi connectivity index (χ2v) is 7.71. The van der Waals surface area contributed by atoms with Gasteiger partial charge in [-0.05, 0) is 42.3 Å². The topological polar surface area (TPSA) is 58.6 Å². The number of carbonyl (C=O) groups is 2. The van der Waals surface area contributed by atoms with Gasteiger partial charge in [-0.25, -0.2) is 4.39 Å². The number of benzene rings is 2. The molecule has 0 atom stereocenters. The summed E-state index contributed by atoms with van der Waals surface area (Å²) in [6, 6.07) is 9.41. The number of ether oxygens (including phenoxy) is 1. The van der Waals surface area contributed by atoms with E-state index in [1.807, 2.05) is 6.07 Å². The van der Waals surface area contributed by atoms with E-state index in [1.54, 1.807) is 30.2 Å². The van der Waals surface area contributed by atoms with Crippen molar-refractivity contribution in [3.63, 3.8) is 0 Å². The molecule has 0 unspecified atom stereocenters. The van der Waals surface area contributed by atoms with Gasteiger partial charge in [-0.1, -0.05) is 17.7 Å². The highest BCUT2D eigenvalue weighted by molar-refractivity contribution is 8.00. The Labute approximate surface area is 172 Å². The summed E-state index contributed by atoms with van der Waals surface area (Å²) >= 11 is 7.56. The van der Waals surface area contributed by atoms with Crippen LogP contribution in [-0.2, 0) is 16.1 Å². The molecular formula is C20H20ClFN2O3S. The lowest BCUT2D eigenvalue weighted by Crippen LogP contribution is -2.35. The number of rotatable bonds is 7. The fourth-order valence-corrected chi connectivity index (χ4v) is 4.00. The Morgan fingerprint density at radius 3 is 2.89 bits per heavy atom. The molecule has 5 nitrogen and oxygen atoms in total. The van der Waals surface area contributed by atoms with Crippen LogP contribution in [0.4, 0.5) is 10.1 Å². The van der Waals surface area contributed by atoms with E-state index >= 15 is 0 Å². The number of nitrogens with zero attached hydrogens (tertiary/aromatic N) is 1. The Bertz CT molecular complexity index is 894. The number of hydrogen-bond acceptors (Lipinski definition) is 4. The van der Waals surface area contributed by atoms with Gasteiger partial charge in [-0.2, -0.15) is 0 Å². The van der Waals surface area contributed by atoms with Gasteiger partial charge in [0.2, 0.25) is 5.91 Å². The van der Waals surface area contributed by atoms with E-state index in [4.69, 9.17) is 16.3 Å². The zero-order chi connectivity index (χ0) is 20.1. The predicted octanol–water partition coefficient (Wildman–Crippen LogP) is 3.88. The minimum atomic E-state index is -0.429. The van der Waals surface area contributed by atoms with Gasteiger partial charge in [0, 0.05) is 35.7 Å². The van der Waals surface area contributed by atoms with Crippen LogP contribution in [0.25, 0.3) is 0 Å². The summed E-state index contributed by atoms with van der Waals surface area (Å²) in [4.78, 5) is 27.4. The molecule has 1 heterocycles. The highest BCUT2D eigenvalue weighted by Gasteiger charge is 2.26. The summed E-state index contributed by atoms with van der Waals surface area (Å²) in [5, 5.41) is 3.10. The molecule has 0 aliphatic carbocycles. The highest BCUT2D eigenvalue weighted by Crippen LogP contribution is 2.37. The van der Waals surface area contributed by atoms with E-state index in [1.165, 1.54) is 23.9 Å². The van der Waals surface area contributed by atoms with Gasteiger partial charge in [-0.15, -0.1) is 11.8 Å². The molecule has 0 bridgehead atoms. The third-order valence-electron chi connectivity index (χ3n) is 4.32. The van der Waals surface area contributed by atoms with E-state index in [0.29, 0.717) is 35.7 Å². The Kier molecular flexibility index (Phi) is 6.93. The van der Waals surface area contributed by atoms with E-state index in [9.17, 15) is 14.0 Å². The number of methoxy groups -OCH3 is 1. The standard InChI is InChI=1S/C20H20ClFN2O3S/c1-27-8-2-7-23-20(26)13-4-6-18-17(9-13)24(19(25)12-28-18)11-14-3-5-15(22)10-16(14)21/h3-6,9-10H,2,7-8,11-12H2,1H3,(H,23,26). The van der Waals surface area contributed by atoms with Gasteiger partial charge < -0.3 is 15.0 Å². The van der Waals surface area contributed by atoms with E-state index < -0.39 is 5.82 Å².